The molecule has 2 aromatic heterocycles. The molecule has 194 valence electrons. The molecule has 0 radical (unpaired) electrons. The second-order valence-electron chi connectivity index (χ2n) is 8.49. The number of ether oxygens (including phenoxy) is 2. The summed E-state index contributed by atoms with van der Waals surface area (Å²) >= 11 is 1.43. The smallest absolute Gasteiger partial charge is 0.422 e. The fourth-order valence-corrected chi connectivity index (χ4v) is 4.73. The summed E-state index contributed by atoms with van der Waals surface area (Å²) in [5, 5.41) is 2.56. The molecule has 2 unspecified atom stereocenters. The summed E-state index contributed by atoms with van der Waals surface area (Å²) in [6, 6.07) is 3.02. The van der Waals surface area contributed by atoms with Crippen LogP contribution in [0.1, 0.15) is 39.5 Å². The minimum Gasteiger partial charge on any atom is -0.488 e. The van der Waals surface area contributed by atoms with Crippen molar-refractivity contribution in [1.82, 2.24) is 10.3 Å². The van der Waals surface area contributed by atoms with Crippen LogP contribution in [-0.2, 0) is 16.1 Å². The first-order chi connectivity index (χ1) is 16.8. The van der Waals surface area contributed by atoms with Gasteiger partial charge in [-0.2, -0.15) is 13.2 Å². The van der Waals surface area contributed by atoms with Crippen molar-refractivity contribution in [3.05, 3.63) is 45.6 Å². The average molecular weight is 532 g/mol. The highest BCUT2D eigenvalue weighted by Gasteiger charge is 2.52. The van der Waals surface area contributed by atoms with Gasteiger partial charge in [-0.15, -0.1) is 11.3 Å². The minimum absolute atomic E-state index is 0.0170. The summed E-state index contributed by atoms with van der Waals surface area (Å²) in [6.45, 7) is 1.73. The summed E-state index contributed by atoms with van der Waals surface area (Å²) in [7, 11) is 0. The molecule has 0 aliphatic heterocycles. The zero-order chi connectivity index (χ0) is 26.3. The van der Waals surface area contributed by atoms with E-state index in [1.165, 1.54) is 18.3 Å². The predicted octanol–water partition coefficient (Wildman–Crippen LogP) is 5.33. The lowest BCUT2D eigenvalue weighted by Crippen LogP contribution is -2.44. The summed E-state index contributed by atoms with van der Waals surface area (Å²) in [5.41, 5.74) is 2.88. The molecule has 1 saturated carbocycles. The molecule has 4 rings (SSSR count). The number of amides is 1. The number of hydrogen-bond donors (Lipinski definition) is 1. The second-order valence-corrected chi connectivity index (χ2v) is 9.43. The number of nitrogens with zero attached hydrogens (tertiary/aromatic N) is 1. The molecule has 36 heavy (non-hydrogen) atoms. The monoisotopic (exact) mass is 532 g/mol. The molecule has 1 amide bonds. The SMILES string of the molecule is Cc1ncsc1COc1ccc2oc(C)c(C(=O)NC3CC(C(=O)OCC(F)(F)F)CC3(F)F)c2c1. The van der Waals surface area contributed by atoms with E-state index in [-0.39, 0.29) is 17.9 Å². The standard InChI is InChI=1S/C23H21F5N2O5S/c1-11-17(36-10-29-11)8-33-14-3-4-16-15(6-14)19(12(2)35-16)20(31)30-18-5-13(7-22(18,24)25)21(32)34-9-23(26,27)28/h3-4,6,10,13,18H,5,7-9H2,1-2H3,(H,30,31). The van der Waals surface area contributed by atoms with E-state index >= 15 is 0 Å². The van der Waals surface area contributed by atoms with E-state index < -0.39 is 55.4 Å². The number of fused-ring (bicyclic) bond motifs is 1. The van der Waals surface area contributed by atoms with Gasteiger partial charge < -0.3 is 19.2 Å². The molecule has 1 fully saturated rings. The van der Waals surface area contributed by atoms with Crippen LogP contribution in [0, 0.1) is 19.8 Å². The number of esters is 1. The lowest BCUT2D eigenvalue weighted by molar-refractivity contribution is -0.189. The van der Waals surface area contributed by atoms with Gasteiger partial charge in [-0.05, 0) is 38.5 Å². The quantitative estimate of drug-likeness (QED) is 0.327. The van der Waals surface area contributed by atoms with Gasteiger partial charge in [0.2, 0.25) is 0 Å². The maximum absolute atomic E-state index is 14.5. The van der Waals surface area contributed by atoms with Crippen LogP contribution in [0.5, 0.6) is 5.75 Å². The number of carbonyl (C=O) groups is 2. The Kier molecular flexibility index (Phi) is 6.95. The van der Waals surface area contributed by atoms with Gasteiger partial charge in [-0.3, -0.25) is 9.59 Å². The van der Waals surface area contributed by atoms with Crippen LogP contribution in [0.4, 0.5) is 22.0 Å². The third kappa shape index (κ3) is 5.61. The number of carbonyl (C=O) groups excluding carboxylic acids is 2. The van der Waals surface area contributed by atoms with Crippen LogP contribution in [0.3, 0.4) is 0 Å². The van der Waals surface area contributed by atoms with E-state index in [4.69, 9.17) is 9.15 Å². The molecule has 13 heteroatoms. The Bertz CT molecular complexity index is 1290. The number of benzene rings is 1. The van der Waals surface area contributed by atoms with E-state index in [9.17, 15) is 31.5 Å². The third-order valence-electron chi connectivity index (χ3n) is 5.84. The number of thiazole rings is 1. The summed E-state index contributed by atoms with van der Waals surface area (Å²) in [6.07, 6.45) is -6.37. The van der Waals surface area contributed by atoms with Crippen molar-refractivity contribution in [2.24, 2.45) is 5.92 Å². The average Bonchev–Trinajstić information content (AvgIpc) is 3.43. The highest BCUT2D eigenvalue weighted by Crippen LogP contribution is 2.40. The number of aryl methyl sites for hydroxylation is 2. The highest BCUT2D eigenvalue weighted by molar-refractivity contribution is 7.09. The molecule has 0 saturated heterocycles. The summed E-state index contributed by atoms with van der Waals surface area (Å²) in [5.74, 6) is -6.65. The number of hydrogen-bond acceptors (Lipinski definition) is 7. The highest BCUT2D eigenvalue weighted by atomic mass is 32.1. The van der Waals surface area contributed by atoms with Gasteiger partial charge in [-0.1, -0.05) is 0 Å². The number of alkyl halides is 5. The molecule has 2 atom stereocenters. The number of rotatable bonds is 7. The normalized spacial score (nSPS) is 19.4. The maximum atomic E-state index is 14.5. The molecule has 7 nitrogen and oxygen atoms in total. The van der Waals surface area contributed by atoms with Crippen molar-refractivity contribution in [2.75, 3.05) is 6.61 Å². The number of halogens is 5. The lowest BCUT2D eigenvalue weighted by Gasteiger charge is -2.20. The van der Waals surface area contributed by atoms with E-state index in [0.29, 0.717) is 16.7 Å². The molecule has 1 aliphatic carbocycles. The molecule has 2 heterocycles. The molecular weight excluding hydrogens is 511 g/mol. The summed E-state index contributed by atoms with van der Waals surface area (Å²) < 4.78 is 81.5. The van der Waals surface area contributed by atoms with Crippen LogP contribution in [0.2, 0.25) is 0 Å². The van der Waals surface area contributed by atoms with Gasteiger partial charge in [0.1, 0.15) is 23.7 Å². The molecule has 0 spiro atoms. The van der Waals surface area contributed by atoms with Gasteiger partial charge in [0.05, 0.1) is 33.6 Å². The van der Waals surface area contributed by atoms with Gasteiger partial charge in [-0.25, -0.2) is 13.8 Å². The summed E-state index contributed by atoms with van der Waals surface area (Å²) in [4.78, 5) is 29.9. The van der Waals surface area contributed by atoms with Crippen molar-refractivity contribution < 1.29 is 45.4 Å². The van der Waals surface area contributed by atoms with Gasteiger partial charge in [0.25, 0.3) is 11.8 Å². The second kappa shape index (κ2) is 9.68. The fourth-order valence-electron chi connectivity index (χ4n) is 4.04. The first kappa shape index (κ1) is 25.9. The molecule has 1 aromatic carbocycles. The zero-order valence-corrected chi connectivity index (χ0v) is 19.9. The van der Waals surface area contributed by atoms with Crippen LogP contribution in [0.15, 0.2) is 28.1 Å². The van der Waals surface area contributed by atoms with Gasteiger partial charge in [0, 0.05) is 11.8 Å². The largest absolute Gasteiger partial charge is 0.488 e. The van der Waals surface area contributed by atoms with E-state index in [0.717, 1.165) is 10.6 Å². The Balaban J connectivity index is 1.48. The Morgan fingerprint density at radius 2 is 2.03 bits per heavy atom. The van der Waals surface area contributed by atoms with Crippen LogP contribution >= 0.6 is 11.3 Å². The number of furan rings is 1. The van der Waals surface area contributed by atoms with Crippen molar-refractivity contribution in [1.29, 1.82) is 0 Å². The van der Waals surface area contributed by atoms with Gasteiger partial charge >= 0.3 is 12.1 Å². The zero-order valence-electron chi connectivity index (χ0n) is 19.1. The minimum atomic E-state index is -4.77. The molecule has 1 N–H and O–H groups in total. The number of aromatic nitrogens is 1. The topological polar surface area (TPSA) is 90.7 Å². The Labute approximate surface area is 205 Å². The van der Waals surface area contributed by atoms with Crippen LogP contribution < -0.4 is 10.1 Å². The first-order valence-corrected chi connectivity index (χ1v) is 11.7. The molecule has 1 aliphatic rings. The third-order valence-corrected chi connectivity index (χ3v) is 6.75. The molecule has 0 bridgehead atoms. The Morgan fingerprint density at radius 1 is 1.28 bits per heavy atom. The van der Waals surface area contributed by atoms with E-state index in [1.54, 1.807) is 23.7 Å². The van der Waals surface area contributed by atoms with Gasteiger partial charge in [0.15, 0.2) is 6.61 Å². The number of nitrogens with one attached hydrogen (secondary N) is 1. The van der Waals surface area contributed by atoms with Crippen molar-refractivity contribution in [2.45, 2.75) is 51.4 Å². The van der Waals surface area contributed by atoms with E-state index in [2.05, 4.69) is 15.0 Å². The molecule has 3 aromatic rings. The van der Waals surface area contributed by atoms with Crippen LogP contribution in [0.25, 0.3) is 11.0 Å². The van der Waals surface area contributed by atoms with Crippen molar-refractivity contribution in [3.8, 4) is 5.75 Å². The predicted molar refractivity (Wildman–Crippen MR) is 118 cm³/mol. The van der Waals surface area contributed by atoms with Crippen molar-refractivity contribution in [3.63, 3.8) is 0 Å². The van der Waals surface area contributed by atoms with Crippen molar-refractivity contribution >= 4 is 34.2 Å². The van der Waals surface area contributed by atoms with E-state index in [1.807, 2.05) is 6.92 Å². The van der Waals surface area contributed by atoms with Crippen LogP contribution in [-0.4, -0.2) is 41.6 Å². The molecular formula is C23H21F5N2O5S. The Hall–Kier alpha value is -3.22. The Morgan fingerprint density at radius 3 is 2.69 bits per heavy atom. The lowest BCUT2D eigenvalue weighted by atomic mass is 10.1. The first-order valence-electron chi connectivity index (χ1n) is 10.8. The maximum Gasteiger partial charge on any atom is 0.422 e. The fraction of sp³-hybridized carbons (Fsp3) is 0.435.